The maximum absolute atomic E-state index is 11.5. The molecular formula is C11H13N3O2S. The summed E-state index contributed by atoms with van der Waals surface area (Å²) in [5.74, 6) is -0.485. The van der Waals surface area contributed by atoms with Crippen LogP contribution in [0.25, 0.3) is 0 Å². The number of ether oxygens (including phenoxy) is 1. The summed E-state index contributed by atoms with van der Waals surface area (Å²) in [5.41, 5.74) is 4.90. The molecule has 1 aliphatic heterocycles. The number of carbonyl (C=O) groups is 1. The molecule has 0 saturated carbocycles. The van der Waals surface area contributed by atoms with Gasteiger partial charge in [-0.3, -0.25) is 14.8 Å². The highest BCUT2D eigenvalue weighted by Crippen LogP contribution is 2.38. The molecule has 1 aromatic heterocycles. The number of methoxy groups -OCH3 is 1. The Bertz CT molecular complexity index is 463. The zero-order chi connectivity index (χ0) is 12.5. The van der Waals surface area contributed by atoms with Crippen LogP contribution in [0.4, 0.5) is 0 Å². The minimum Gasteiger partial charge on any atom is -0.367 e. The summed E-state index contributed by atoms with van der Waals surface area (Å²) in [7, 11) is 1.55. The van der Waals surface area contributed by atoms with Crippen molar-refractivity contribution in [1.29, 1.82) is 0 Å². The van der Waals surface area contributed by atoms with Gasteiger partial charge in [0.15, 0.2) is 5.54 Å². The van der Waals surface area contributed by atoms with Crippen LogP contribution < -0.4 is 5.73 Å². The normalized spacial score (nSPS) is 27.9. The van der Waals surface area contributed by atoms with Crippen LogP contribution in [0.5, 0.6) is 0 Å². The molecule has 1 unspecified atom stereocenters. The first-order valence-corrected chi connectivity index (χ1v) is 5.95. The third-order valence-electron chi connectivity index (χ3n) is 2.65. The molecule has 6 heteroatoms. The molecule has 0 bridgehead atoms. The van der Waals surface area contributed by atoms with Gasteiger partial charge >= 0.3 is 0 Å². The van der Waals surface area contributed by atoms with Crippen LogP contribution in [0.1, 0.15) is 12.5 Å². The maximum Gasteiger partial charge on any atom is 0.248 e. The van der Waals surface area contributed by atoms with E-state index in [-0.39, 0.29) is 5.44 Å². The van der Waals surface area contributed by atoms with E-state index < -0.39 is 11.4 Å². The van der Waals surface area contributed by atoms with Crippen LogP contribution in [-0.2, 0) is 9.53 Å². The van der Waals surface area contributed by atoms with Crippen molar-refractivity contribution in [3.63, 3.8) is 0 Å². The van der Waals surface area contributed by atoms with Crippen molar-refractivity contribution >= 4 is 22.7 Å². The smallest absolute Gasteiger partial charge is 0.248 e. The van der Waals surface area contributed by atoms with Gasteiger partial charge in [0.2, 0.25) is 5.91 Å². The molecule has 1 aromatic rings. The zero-order valence-electron chi connectivity index (χ0n) is 9.58. The number of primary amides is 1. The maximum atomic E-state index is 11.5. The van der Waals surface area contributed by atoms with Crippen molar-refractivity contribution in [2.45, 2.75) is 17.9 Å². The van der Waals surface area contributed by atoms with Crippen molar-refractivity contribution in [2.24, 2.45) is 10.7 Å². The summed E-state index contributed by atoms with van der Waals surface area (Å²) in [4.78, 5) is 19.8. The molecule has 2 N–H and O–H groups in total. The number of hydrogen-bond acceptors (Lipinski definition) is 5. The van der Waals surface area contributed by atoms with Crippen LogP contribution in [-0.4, -0.2) is 34.0 Å². The highest BCUT2D eigenvalue weighted by atomic mass is 32.2. The van der Waals surface area contributed by atoms with E-state index in [1.165, 1.54) is 11.8 Å². The third-order valence-corrected chi connectivity index (χ3v) is 4.07. The van der Waals surface area contributed by atoms with Gasteiger partial charge < -0.3 is 10.5 Å². The van der Waals surface area contributed by atoms with Gasteiger partial charge in [-0.2, -0.15) is 0 Å². The van der Waals surface area contributed by atoms with Crippen molar-refractivity contribution < 1.29 is 9.53 Å². The Morgan fingerprint density at radius 1 is 1.53 bits per heavy atom. The fraction of sp³-hybridized carbons (Fsp3) is 0.364. The summed E-state index contributed by atoms with van der Waals surface area (Å²) in [5, 5.41) is 0.751. The predicted molar refractivity (Wildman–Crippen MR) is 66.8 cm³/mol. The van der Waals surface area contributed by atoms with E-state index in [0.29, 0.717) is 0 Å². The number of aliphatic imine (C=N–C) groups is 1. The fourth-order valence-corrected chi connectivity index (χ4v) is 2.79. The lowest BCUT2D eigenvalue weighted by molar-refractivity contribution is -0.124. The molecule has 17 heavy (non-hydrogen) atoms. The number of nitrogens with two attached hydrogens (primary N) is 1. The van der Waals surface area contributed by atoms with Gasteiger partial charge in [-0.25, -0.2) is 0 Å². The van der Waals surface area contributed by atoms with Gasteiger partial charge in [-0.05, 0) is 19.1 Å². The minimum atomic E-state index is -1.02. The topological polar surface area (TPSA) is 77.6 Å². The standard InChI is InChI=1S/C11H13N3O2S/c1-11(9(12)15)10(16-2)17-8(14-11)7-3-5-13-6-4-7/h3-6,10H,1-2H3,(H2,12,15)/t10?,11-/m1/s1. The van der Waals surface area contributed by atoms with Gasteiger partial charge in [0.1, 0.15) is 10.5 Å². The number of pyridine rings is 1. The quantitative estimate of drug-likeness (QED) is 0.861. The molecule has 90 valence electrons. The number of nitrogens with zero attached hydrogens (tertiary/aromatic N) is 2. The van der Waals surface area contributed by atoms with Crippen molar-refractivity contribution in [3.05, 3.63) is 30.1 Å². The minimum absolute atomic E-state index is 0.386. The summed E-state index contributed by atoms with van der Waals surface area (Å²) in [6, 6.07) is 3.68. The van der Waals surface area contributed by atoms with Crippen molar-refractivity contribution in [3.8, 4) is 0 Å². The fourth-order valence-electron chi connectivity index (χ4n) is 1.58. The number of aromatic nitrogens is 1. The largest absolute Gasteiger partial charge is 0.367 e. The molecule has 2 heterocycles. The molecule has 0 spiro atoms. The SMILES string of the molecule is COC1SC(c2ccncc2)=N[C@]1(C)C(N)=O. The molecule has 2 atom stereocenters. The zero-order valence-corrected chi connectivity index (χ0v) is 10.4. The Kier molecular flexibility index (Phi) is 3.17. The van der Waals surface area contributed by atoms with E-state index in [9.17, 15) is 4.79 Å². The van der Waals surface area contributed by atoms with Gasteiger partial charge in [-0.1, -0.05) is 11.8 Å². The van der Waals surface area contributed by atoms with Crippen molar-refractivity contribution in [1.82, 2.24) is 4.98 Å². The van der Waals surface area contributed by atoms with E-state index in [2.05, 4.69) is 9.98 Å². The van der Waals surface area contributed by atoms with Gasteiger partial charge in [-0.15, -0.1) is 0 Å². The van der Waals surface area contributed by atoms with E-state index in [0.717, 1.165) is 10.6 Å². The second-order valence-electron chi connectivity index (χ2n) is 3.85. The predicted octanol–water partition coefficient (Wildman–Crippen LogP) is 0.791. The van der Waals surface area contributed by atoms with Crippen LogP contribution in [0.3, 0.4) is 0 Å². The van der Waals surface area contributed by atoms with E-state index in [1.807, 2.05) is 12.1 Å². The number of amides is 1. The summed E-state index contributed by atoms with van der Waals surface area (Å²) < 4.78 is 5.27. The van der Waals surface area contributed by atoms with Crippen LogP contribution in [0.15, 0.2) is 29.5 Å². The number of rotatable bonds is 3. The Labute approximate surface area is 103 Å². The average molecular weight is 251 g/mol. The van der Waals surface area contributed by atoms with E-state index in [1.54, 1.807) is 26.4 Å². The van der Waals surface area contributed by atoms with Crippen LogP contribution >= 0.6 is 11.8 Å². The molecule has 0 radical (unpaired) electrons. The second-order valence-corrected chi connectivity index (χ2v) is 4.90. The Morgan fingerprint density at radius 3 is 2.65 bits per heavy atom. The lowest BCUT2D eigenvalue weighted by Crippen LogP contribution is -2.46. The first kappa shape index (κ1) is 12.1. The Morgan fingerprint density at radius 2 is 2.18 bits per heavy atom. The first-order chi connectivity index (χ1) is 8.08. The molecule has 0 aliphatic carbocycles. The molecule has 1 amide bonds. The molecule has 0 saturated heterocycles. The average Bonchev–Trinajstić information content (AvgIpc) is 2.69. The van der Waals surface area contributed by atoms with Gasteiger partial charge in [0.25, 0.3) is 0 Å². The summed E-state index contributed by atoms with van der Waals surface area (Å²) in [6.45, 7) is 1.69. The van der Waals surface area contributed by atoms with Gasteiger partial charge in [0, 0.05) is 25.1 Å². The van der Waals surface area contributed by atoms with Crippen LogP contribution in [0.2, 0.25) is 0 Å². The highest BCUT2D eigenvalue weighted by molar-refractivity contribution is 8.15. The summed E-state index contributed by atoms with van der Waals surface area (Å²) in [6.07, 6.45) is 3.36. The number of carbonyl (C=O) groups excluding carboxylic acids is 1. The number of thioether (sulfide) groups is 1. The molecular weight excluding hydrogens is 238 g/mol. The lowest BCUT2D eigenvalue weighted by Gasteiger charge is -2.22. The monoisotopic (exact) mass is 251 g/mol. The molecule has 0 aromatic carbocycles. The molecule has 2 rings (SSSR count). The molecule has 1 aliphatic rings. The summed E-state index contributed by atoms with van der Waals surface area (Å²) >= 11 is 1.40. The van der Waals surface area contributed by atoms with E-state index >= 15 is 0 Å². The Hall–Kier alpha value is -1.40. The Balaban J connectivity index is 2.37. The third kappa shape index (κ3) is 2.05. The van der Waals surface area contributed by atoms with Crippen molar-refractivity contribution in [2.75, 3.05) is 7.11 Å². The second kappa shape index (κ2) is 4.46. The van der Waals surface area contributed by atoms with Gasteiger partial charge in [0.05, 0.1) is 0 Å². The van der Waals surface area contributed by atoms with Crippen LogP contribution in [0, 0.1) is 0 Å². The number of hydrogen-bond donors (Lipinski definition) is 1. The van der Waals surface area contributed by atoms with E-state index in [4.69, 9.17) is 10.5 Å². The molecule has 5 nitrogen and oxygen atoms in total. The first-order valence-electron chi connectivity index (χ1n) is 5.07. The lowest BCUT2D eigenvalue weighted by atomic mass is 10.0. The highest BCUT2D eigenvalue weighted by Gasteiger charge is 2.46. The molecule has 0 fully saturated rings.